The number of nitrogens with zero attached hydrogens (tertiary/aromatic N) is 2. The van der Waals surface area contributed by atoms with E-state index in [0.29, 0.717) is 28.3 Å². The number of nitro groups is 1. The molecule has 0 aliphatic carbocycles. The van der Waals surface area contributed by atoms with E-state index >= 15 is 0 Å². The number of anilines is 2. The van der Waals surface area contributed by atoms with Gasteiger partial charge >= 0.3 is 0 Å². The van der Waals surface area contributed by atoms with Crippen molar-refractivity contribution in [2.24, 2.45) is 5.92 Å². The molecule has 39 heavy (non-hydrogen) atoms. The third kappa shape index (κ3) is 5.80. The maximum Gasteiger partial charge on any atom is 0.293 e. The minimum atomic E-state index is -4.24. The molecule has 0 atom stereocenters. The van der Waals surface area contributed by atoms with Crippen LogP contribution in [0.15, 0.2) is 71.6 Å². The van der Waals surface area contributed by atoms with Gasteiger partial charge < -0.3 is 19.4 Å². The van der Waals surface area contributed by atoms with E-state index < -0.39 is 20.9 Å². The summed E-state index contributed by atoms with van der Waals surface area (Å²) in [6.07, 6.45) is 0. The summed E-state index contributed by atoms with van der Waals surface area (Å²) >= 11 is 0. The predicted molar refractivity (Wildman–Crippen MR) is 147 cm³/mol. The Morgan fingerprint density at radius 3 is 2.31 bits per heavy atom. The highest BCUT2D eigenvalue weighted by atomic mass is 32.2. The first-order valence-electron chi connectivity index (χ1n) is 12.0. The van der Waals surface area contributed by atoms with Crippen molar-refractivity contribution >= 4 is 43.9 Å². The van der Waals surface area contributed by atoms with Gasteiger partial charge in [-0.1, -0.05) is 19.9 Å². The number of non-ortho nitro benzene ring substituents is 1. The van der Waals surface area contributed by atoms with Crippen molar-refractivity contribution < 1.29 is 27.6 Å². The summed E-state index contributed by atoms with van der Waals surface area (Å²) in [6.45, 7) is 4.02. The van der Waals surface area contributed by atoms with E-state index in [-0.39, 0.29) is 34.3 Å². The van der Waals surface area contributed by atoms with Crippen molar-refractivity contribution in [2.45, 2.75) is 25.3 Å². The Kier molecular flexibility index (Phi) is 7.77. The second kappa shape index (κ2) is 11.0. The van der Waals surface area contributed by atoms with Gasteiger partial charge in [-0.2, -0.15) is 0 Å². The van der Waals surface area contributed by atoms with Crippen molar-refractivity contribution in [3.8, 4) is 11.5 Å². The molecule has 0 radical (unpaired) electrons. The molecule has 4 aromatic rings. The van der Waals surface area contributed by atoms with Gasteiger partial charge in [0.05, 0.1) is 24.0 Å². The molecule has 0 saturated carbocycles. The summed E-state index contributed by atoms with van der Waals surface area (Å²) in [5.41, 5.74) is 1.12. The standard InChI is InChI=1S/C27H28N4O7S/c1-17(2)16-30-25(27(32)29-39(35,36)21-10-8-19(37-3)9-11-21)15-22-23(12-13-24(26(22)30)31(33)34)28-18-6-5-7-20(14-18)38-4/h5-15,17,28H,16H2,1-4H3,(H,29,32). The fraction of sp³-hybridized carbons (Fsp3) is 0.222. The lowest BCUT2D eigenvalue weighted by Crippen LogP contribution is -2.32. The summed E-state index contributed by atoms with van der Waals surface area (Å²) in [4.78, 5) is 24.8. The van der Waals surface area contributed by atoms with Crippen LogP contribution in [-0.2, 0) is 16.6 Å². The van der Waals surface area contributed by atoms with E-state index in [1.807, 2.05) is 13.8 Å². The van der Waals surface area contributed by atoms with Crippen LogP contribution >= 0.6 is 0 Å². The zero-order chi connectivity index (χ0) is 28.3. The lowest BCUT2D eigenvalue weighted by Gasteiger charge is -2.14. The molecule has 0 aliphatic rings. The van der Waals surface area contributed by atoms with E-state index in [1.165, 1.54) is 48.1 Å². The van der Waals surface area contributed by atoms with Gasteiger partial charge in [0.1, 0.15) is 22.7 Å². The Morgan fingerprint density at radius 1 is 1.00 bits per heavy atom. The van der Waals surface area contributed by atoms with E-state index in [4.69, 9.17) is 9.47 Å². The Hall–Kier alpha value is -4.58. The van der Waals surface area contributed by atoms with Gasteiger partial charge in [0.15, 0.2) is 0 Å². The second-order valence-corrected chi connectivity index (χ2v) is 10.8. The fourth-order valence-corrected chi connectivity index (χ4v) is 5.17. The molecular weight excluding hydrogens is 524 g/mol. The summed E-state index contributed by atoms with van der Waals surface area (Å²) in [5, 5.41) is 15.6. The molecule has 12 heteroatoms. The first-order valence-corrected chi connectivity index (χ1v) is 13.4. The molecule has 1 aromatic heterocycles. The highest BCUT2D eigenvalue weighted by Crippen LogP contribution is 2.37. The lowest BCUT2D eigenvalue weighted by atomic mass is 10.1. The van der Waals surface area contributed by atoms with Crippen molar-refractivity contribution in [3.63, 3.8) is 0 Å². The highest BCUT2D eigenvalue weighted by molar-refractivity contribution is 7.90. The normalized spacial score (nSPS) is 11.4. The number of amides is 1. The van der Waals surface area contributed by atoms with Crippen LogP contribution < -0.4 is 19.5 Å². The second-order valence-electron chi connectivity index (χ2n) is 9.15. The van der Waals surface area contributed by atoms with Crippen LogP contribution in [0.3, 0.4) is 0 Å². The van der Waals surface area contributed by atoms with Gasteiger partial charge in [0.25, 0.3) is 21.6 Å². The van der Waals surface area contributed by atoms with Gasteiger partial charge in [-0.05, 0) is 54.4 Å². The van der Waals surface area contributed by atoms with Crippen LogP contribution in [0.4, 0.5) is 17.1 Å². The number of fused-ring (bicyclic) bond motifs is 1. The number of hydrogen-bond donors (Lipinski definition) is 2. The number of hydrogen-bond acceptors (Lipinski definition) is 8. The van der Waals surface area contributed by atoms with E-state index in [2.05, 4.69) is 10.0 Å². The van der Waals surface area contributed by atoms with Crippen LogP contribution in [-0.4, -0.2) is 38.0 Å². The Balaban J connectivity index is 1.83. The highest BCUT2D eigenvalue weighted by Gasteiger charge is 2.27. The quantitative estimate of drug-likeness (QED) is 0.205. The summed E-state index contributed by atoms with van der Waals surface area (Å²) in [5.74, 6) is 0.143. The Bertz CT molecular complexity index is 1640. The average molecular weight is 553 g/mol. The third-order valence-electron chi connectivity index (χ3n) is 5.96. The number of methoxy groups -OCH3 is 2. The number of carbonyl (C=O) groups is 1. The molecule has 4 rings (SSSR count). The Morgan fingerprint density at radius 2 is 1.69 bits per heavy atom. The molecule has 1 heterocycles. The van der Waals surface area contributed by atoms with E-state index in [0.717, 1.165) is 0 Å². The van der Waals surface area contributed by atoms with Gasteiger partial charge in [-0.3, -0.25) is 14.9 Å². The Labute approximate surface area is 225 Å². The lowest BCUT2D eigenvalue weighted by molar-refractivity contribution is -0.383. The maximum atomic E-state index is 13.4. The number of rotatable bonds is 10. The molecular formula is C27H28N4O7S. The number of aromatic nitrogens is 1. The smallest absolute Gasteiger partial charge is 0.293 e. The molecule has 3 aromatic carbocycles. The molecule has 0 unspecified atom stereocenters. The average Bonchev–Trinajstić information content (AvgIpc) is 3.27. The SMILES string of the molecule is COc1ccc(S(=O)(=O)NC(=O)c2cc3c(Nc4cccc(OC)c4)ccc([N+](=O)[O-])c3n2CC(C)C)cc1. The first kappa shape index (κ1) is 27.5. The molecule has 0 bridgehead atoms. The monoisotopic (exact) mass is 552 g/mol. The largest absolute Gasteiger partial charge is 0.497 e. The fourth-order valence-electron chi connectivity index (χ4n) is 4.21. The number of ether oxygens (including phenoxy) is 2. The van der Waals surface area contributed by atoms with Gasteiger partial charge in [0, 0.05) is 35.4 Å². The minimum Gasteiger partial charge on any atom is -0.497 e. The number of nitro benzene ring substituents is 1. The summed E-state index contributed by atoms with van der Waals surface area (Å²) in [7, 11) is -1.24. The van der Waals surface area contributed by atoms with Crippen LogP contribution in [0, 0.1) is 16.0 Å². The molecule has 0 fully saturated rings. The van der Waals surface area contributed by atoms with Crippen LogP contribution in [0.25, 0.3) is 10.9 Å². The van der Waals surface area contributed by atoms with Gasteiger partial charge in [0.2, 0.25) is 0 Å². The minimum absolute atomic E-state index is 0.0139. The zero-order valence-corrected chi connectivity index (χ0v) is 22.6. The third-order valence-corrected chi connectivity index (χ3v) is 7.31. The zero-order valence-electron chi connectivity index (χ0n) is 21.8. The van der Waals surface area contributed by atoms with Crippen molar-refractivity contribution in [3.05, 3.63) is 82.5 Å². The van der Waals surface area contributed by atoms with Crippen LogP contribution in [0.2, 0.25) is 0 Å². The summed E-state index contributed by atoms with van der Waals surface area (Å²) < 4.78 is 39.9. The maximum absolute atomic E-state index is 13.4. The molecule has 204 valence electrons. The number of sulfonamides is 1. The molecule has 1 amide bonds. The van der Waals surface area contributed by atoms with E-state index in [1.54, 1.807) is 37.4 Å². The molecule has 0 spiro atoms. The molecule has 0 saturated heterocycles. The number of nitrogens with one attached hydrogen (secondary N) is 2. The van der Waals surface area contributed by atoms with Crippen LogP contribution in [0.1, 0.15) is 24.3 Å². The van der Waals surface area contributed by atoms with Crippen molar-refractivity contribution in [1.29, 1.82) is 0 Å². The van der Waals surface area contributed by atoms with E-state index in [9.17, 15) is 23.3 Å². The van der Waals surface area contributed by atoms with Crippen LogP contribution in [0.5, 0.6) is 11.5 Å². The number of carbonyl (C=O) groups excluding carboxylic acids is 1. The predicted octanol–water partition coefficient (Wildman–Crippen LogP) is 5.09. The number of benzene rings is 3. The van der Waals surface area contributed by atoms with Gasteiger partial charge in [-0.15, -0.1) is 0 Å². The summed E-state index contributed by atoms with van der Waals surface area (Å²) in [6, 6.07) is 17.1. The van der Waals surface area contributed by atoms with Gasteiger partial charge in [-0.25, -0.2) is 13.1 Å². The van der Waals surface area contributed by atoms with Crippen molar-refractivity contribution in [1.82, 2.24) is 9.29 Å². The molecule has 2 N–H and O–H groups in total. The molecule has 0 aliphatic heterocycles. The topological polar surface area (TPSA) is 142 Å². The molecule has 11 nitrogen and oxygen atoms in total. The van der Waals surface area contributed by atoms with Crippen molar-refractivity contribution in [2.75, 3.05) is 19.5 Å². The first-order chi connectivity index (χ1) is 18.5.